The summed E-state index contributed by atoms with van der Waals surface area (Å²) in [6, 6.07) is 7.93. The van der Waals surface area contributed by atoms with Gasteiger partial charge in [0.15, 0.2) is 5.12 Å². The molecule has 0 spiro atoms. The number of carbonyl (C=O) groups is 2. The van der Waals surface area contributed by atoms with Crippen LogP contribution in [0.2, 0.25) is 0 Å². The molecule has 0 aromatic heterocycles. The van der Waals surface area contributed by atoms with E-state index >= 15 is 0 Å². The van der Waals surface area contributed by atoms with Crippen LogP contribution in [0.5, 0.6) is 0 Å². The van der Waals surface area contributed by atoms with E-state index in [1.54, 1.807) is 0 Å². The van der Waals surface area contributed by atoms with Crippen molar-refractivity contribution in [2.75, 3.05) is 5.32 Å². The van der Waals surface area contributed by atoms with Crippen molar-refractivity contribution < 1.29 is 9.59 Å². The van der Waals surface area contributed by atoms with Gasteiger partial charge in [-0.25, -0.2) is 0 Å². The number of amides is 1. The first kappa shape index (κ1) is 23.0. The lowest BCUT2D eigenvalue weighted by atomic mass is 9.67. The lowest BCUT2D eigenvalue weighted by Crippen LogP contribution is -2.39. The molecule has 2 rings (SSSR count). The molecule has 1 aromatic carbocycles. The van der Waals surface area contributed by atoms with E-state index in [9.17, 15) is 9.59 Å². The number of para-hydroxylation sites is 1. The molecule has 0 bridgehead atoms. The number of rotatable bonds is 9. The van der Waals surface area contributed by atoms with Gasteiger partial charge < -0.3 is 5.32 Å². The molecule has 4 heteroatoms. The Morgan fingerprint density at radius 3 is 2.32 bits per heavy atom. The van der Waals surface area contributed by atoms with Crippen LogP contribution in [0, 0.1) is 17.3 Å². The second kappa shape index (κ2) is 11.0. The van der Waals surface area contributed by atoms with E-state index in [1.807, 2.05) is 38.1 Å². The van der Waals surface area contributed by atoms with Gasteiger partial charge in [0, 0.05) is 22.8 Å². The molecule has 0 atom stereocenters. The van der Waals surface area contributed by atoms with E-state index < -0.39 is 0 Å². The number of anilines is 1. The van der Waals surface area contributed by atoms with Crippen molar-refractivity contribution >= 4 is 28.5 Å². The molecule has 156 valence electrons. The van der Waals surface area contributed by atoms with Crippen molar-refractivity contribution in [3.05, 3.63) is 29.8 Å². The average molecular weight is 404 g/mol. The van der Waals surface area contributed by atoms with Crippen LogP contribution in [-0.2, 0) is 15.3 Å². The van der Waals surface area contributed by atoms with Crippen LogP contribution in [0.1, 0.15) is 84.6 Å². The van der Waals surface area contributed by atoms with Gasteiger partial charge in [-0.15, -0.1) is 0 Å². The summed E-state index contributed by atoms with van der Waals surface area (Å²) in [6.07, 6.45) is 8.79. The number of carbonyl (C=O) groups excluding carboxylic acids is 2. The zero-order valence-electron chi connectivity index (χ0n) is 18.1. The van der Waals surface area contributed by atoms with Crippen LogP contribution < -0.4 is 5.32 Å². The average Bonchev–Trinajstić information content (AvgIpc) is 2.71. The Balaban J connectivity index is 2.15. The van der Waals surface area contributed by atoms with Crippen molar-refractivity contribution in [1.29, 1.82) is 0 Å². The van der Waals surface area contributed by atoms with E-state index in [-0.39, 0.29) is 22.4 Å². The molecule has 1 aliphatic rings. The molecule has 1 N–H and O–H groups in total. The Kier molecular flexibility index (Phi) is 9.07. The third-order valence-electron chi connectivity index (χ3n) is 6.23. The molecule has 28 heavy (non-hydrogen) atoms. The van der Waals surface area contributed by atoms with E-state index in [4.69, 9.17) is 0 Å². The number of hydrogen-bond donors (Lipinski definition) is 1. The number of hydrogen-bond acceptors (Lipinski definition) is 3. The van der Waals surface area contributed by atoms with Gasteiger partial charge in [0.2, 0.25) is 5.91 Å². The molecule has 1 aliphatic carbocycles. The highest BCUT2D eigenvalue weighted by atomic mass is 32.2. The van der Waals surface area contributed by atoms with Crippen LogP contribution >= 0.6 is 11.8 Å². The van der Waals surface area contributed by atoms with Gasteiger partial charge in [-0.2, -0.15) is 0 Å². The van der Waals surface area contributed by atoms with Crippen molar-refractivity contribution in [1.82, 2.24) is 0 Å². The SMILES string of the molecule is CCC(CC)CC1(C(=O)Nc2ccccc2CSC(=O)C(C)C)CCCCC1. The Bertz CT molecular complexity index is 646. The fourth-order valence-electron chi connectivity index (χ4n) is 4.22. The normalized spacial score (nSPS) is 16.4. The quantitative estimate of drug-likeness (QED) is 0.492. The number of benzene rings is 1. The third kappa shape index (κ3) is 6.10. The summed E-state index contributed by atoms with van der Waals surface area (Å²) in [5.74, 6) is 1.43. The Hall–Kier alpha value is -1.29. The minimum absolute atomic E-state index is 0.0253. The van der Waals surface area contributed by atoms with E-state index in [0.29, 0.717) is 11.7 Å². The maximum absolute atomic E-state index is 13.5. The standard InChI is InChI=1S/C24H37NO2S/c1-5-19(6-2)16-24(14-10-7-11-15-24)23(27)25-21-13-9-8-12-20(21)17-28-22(26)18(3)4/h8-9,12-13,18-19H,5-7,10-11,14-17H2,1-4H3,(H,25,27). The van der Waals surface area contributed by atoms with Gasteiger partial charge in [-0.3, -0.25) is 9.59 Å². The minimum atomic E-state index is -0.233. The second-order valence-electron chi connectivity index (χ2n) is 8.60. The van der Waals surface area contributed by atoms with Gasteiger partial charge in [-0.05, 0) is 36.8 Å². The van der Waals surface area contributed by atoms with Gasteiger partial charge >= 0.3 is 0 Å². The minimum Gasteiger partial charge on any atom is -0.325 e. The van der Waals surface area contributed by atoms with Crippen molar-refractivity contribution in [2.24, 2.45) is 17.3 Å². The molecule has 3 nitrogen and oxygen atoms in total. The topological polar surface area (TPSA) is 46.2 Å². The third-order valence-corrected chi connectivity index (χ3v) is 7.44. The van der Waals surface area contributed by atoms with Crippen LogP contribution in [0.15, 0.2) is 24.3 Å². The van der Waals surface area contributed by atoms with Gasteiger partial charge in [0.05, 0.1) is 0 Å². The lowest BCUT2D eigenvalue weighted by molar-refractivity contribution is -0.128. The molecular formula is C24H37NO2S. The van der Waals surface area contributed by atoms with Crippen molar-refractivity contribution in [3.63, 3.8) is 0 Å². The van der Waals surface area contributed by atoms with Crippen LogP contribution in [0.4, 0.5) is 5.69 Å². The smallest absolute Gasteiger partial charge is 0.230 e. The van der Waals surface area contributed by atoms with Gasteiger partial charge in [0.1, 0.15) is 0 Å². The molecule has 0 radical (unpaired) electrons. The monoisotopic (exact) mass is 403 g/mol. The zero-order chi connectivity index (χ0) is 20.6. The highest BCUT2D eigenvalue weighted by molar-refractivity contribution is 8.13. The van der Waals surface area contributed by atoms with Crippen molar-refractivity contribution in [2.45, 2.75) is 84.8 Å². The zero-order valence-corrected chi connectivity index (χ0v) is 18.9. The fraction of sp³-hybridized carbons (Fsp3) is 0.667. The molecule has 1 saturated carbocycles. The summed E-state index contributed by atoms with van der Waals surface area (Å²) in [5, 5.41) is 3.46. The molecule has 0 aliphatic heterocycles. The molecular weight excluding hydrogens is 366 g/mol. The predicted octanol–water partition coefficient (Wildman–Crippen LogP) is 6.82. The first-order chi connectivity index (χ1) is 13.4. The first-order valence-electron chi connectivity index (χ1n) is 11.0. The Morgan fingerprint density at radius 1 is 1.07 bits per heavy atom. The van der Waals surface area contributed by atoms with E-state index in [0.717, 1.165) is 56.2 Å². The second-order valence-corrected chi connectivity index (χ2v) is 9.58. The van der Waals surface area contributed by atoms with E-state index in [1.165, 1.54) is 18.2 Å². The van der Waals surface area contributed by atoms with Crippen LogP contribution in [-0.4, -0.2) is 11.0 Å². The van der Waals surface area contributed by atoms with E-state index in [2.05, 4.69) is 19.2 Å². The van der Waals surface area contributed by atoms with Gasteiger partial charge in [-0.1, -0.05) is 89.8 Å². The number of thioether (sulfide) groups is 1. The highest BCUT2D eigenvalue weighted by Gasteiger charge is 2.40. The maximum atomic E-state index is 13.5. The maximum Gasteiger partial charge on any atom is 0.230 e. The summed E-state index contributed by atoms with van der Waals surface area (Å²) < 4.78 is 0. The fourth-order valence-corrected chi connectivity index (χ4v) is 5.10. The molecule has 0 heterocycles. The van der Waals surface area contributed by atoms with Gasteiger partial charge in [0.25, 0.3) is 0 Å². The summed E-state index contributed by atoms with van der Waals surface area (Å²) in [7, 11) is 0. The van der Waals surface area contributed by atoms with Crippen molar-refractivity contribution in [3.8, 4) is 0 Å². The summed E-state index contributed by atoms with van der Waals surface area (Å²) in [4.78, 5) is 25.5. The lowest BCUT2D eigenvalue weighted by Gasteiger charge is -2.38. The molecule has 1 fully saturated rings. The van der Waals surface area contributed by atoms with Crippen LogP contribution in [0.25, 0.3) is 0 Å². The molecule has 0 unspecified atom stereocenters. The van der Waals surface area contributed by atoms with Crippen LogP contribution in [0.3, 0.4) is 0 Å². The molecule has 0 saturated heterocycles. The molecule has 1 amide bonds. The summed E-state index contributed by atoms with van der Waals surface area (Å²) >= 11 is 1.34. The Morgan fingerprint density at radius 2 is 1.71 bits per heavy atom. The largest absolute Gasteiger partial charge is 0.325 e. The number of nitrogens with one attached hydrogen (secondary N) is 1. The molecule has 1 aromatic rings. The Labute approximate surface area is 175 Å². The first-order valence-corrected chi connectivity index (χ1v) is 12.0. The summed E-state index contributed by atoms with van der Waals surface area (Å²) in [5.41, 5.74) is 1.66. The summed E-state index contributed by atoms with van der Waals surface area (Å²) in [6.45, 7) is 8.32. The predicted molar refractivity (Wildman–Crippen MR) is 120 cm³/mol. The highest BCUT2D eigenvalue weighted by Crippen LogP contribution is 2.44.